The standard InChI is InChI=1S/C14H12F3N3O/c1-2-6-19-12-9(7-18)8-20-13-10(12)4-3-5-11(13)21-14(15,16)17/h3-5,8H,2,6H2,1H3,(H,19,20). The lowest BCUT2D eigenvalue weighted by atomic mass is 10.1. The molecule has 1 heterocycles. The maximum absolute atomic E-state index is 12.4. The van der Waals surface area contributed by atoms with E-state index in [-0.39, 0.29) is 16.8 Å². The van der Waals surface area contributed by atoms with E-state index in [1.54, 1.807) is 6.07 Å². The topological polar surface area (TPSA) is 57.9 Å². The van der Waals surface area contributed by atoms with Gasteiger partial charge in [0.1, 0.15) is 11.6 Å². The fourth-order valence-electron chi connectivity index (χ4n) is 1.93. The number of aromatic nitrogens is 1. The van der Waals surface area contributed by atoms with Crippen LogP contribution in [-0.4, -0.2) is 17.9 Å². The van der Waals surface area contributed by atoms with Gasteiger partial charge in [0.25, 0.3) is 0 Å². The quantitative estimate of drug-likeness (QED) is 0.931. The highest BCUT2D eigenvalue weighted by Crippen LogP contribution is 2.33. The van der Waals surface area contributed by atoms with Gasteiger partial charge in [-0.2, -0.15) is 5.26 Å². The molecule has 110 valence electrons. The number of nitriles is 1. The molecule has 7 heteroatoms. The van der Waals surface area contributed by atoms with Crippen LogP contribution >= 0.6 is 0 Å². The maximum atomic E-state index is 12.4. The zero-order valence-electron chi connectivity index (χ0n) is 11.2. The highest BCUT2D eigenvalue weighted by atomic mass is 19.4. The number of fused-ring (bicyclic) bond motifs is 1. The summed E-state index contributed by atoms with van der Waals surface area (Å²) in [5.41, 5.74) is 0.810. The van der Waals surface area contributed by atoms with Crippen molar-refractivity contribution >= 4 is 16.6 Å². The molecule has 21 heavy (non-hydrogen) atoms. The lowest BCUT2D eigenvalue weighted by Gasteiger charge is -2.14. The lowest BCUT2D eigenvalue weighted by molar-refractivity contribution is -0.274. The SMILES string of the molecule is CCCNc1c(C#N)cnc2c(OC(F)(F)F)cccc12. The molecule has 0 aliphatic carbocycles. The Morgan fingerprint density at radius 3 is 2.76 bits per heavy atom. The molecule has 0 bridgehead atoms. The van der Waals surface area contributed by atoms with Gasteiger partial charge in [-0.25, -0.2) is 0 Å². The van der Waals surface area contributed by atoms with Crippen LogP contribution in [0.5, 0.6) is 5.75 Å². The zero-order valence-corrected chi connectivity index (χ0v) is 11.2. The number of pyridine rings is 1. The third-order valence-corrected chi connectivity index (χ3v) is 2.76. The number of nitrogens with zero attached hydrogens (tertiary/aromatic N) is 2. The summed E-state index contributed by atoms with van der Waals surface area (Å²) in [6, 6.07) is 6.20. The van der Waals surface area contributed by atoms with E-state index in [1.165, 1.54) is 18.3 Å². The van der Waals surface area contributed by atoms with E-state index in [4.69, 9.17) is 5.26 Å². The van der Waals surface area contributed by atoms with Crippen LogP contribution in [0.4, 0.5) is 18.9 Å². The number of benzene rings is 1. The van der Waals surface area contributed by atoms with E-state index < -0.39 is 6.36 Å². The Balaban J connectivity index is 2.60. The summed E-state index contributed by atoms with van der Waals surface area (Å²) < 4.78 is 41.2. The van der Waals surface area contributed by atoms with Gasteiger partial charge >= 0.3 is 6.36 Å². The van der Waals surface area contributed by atoms with Crippen LogP contribution in [0.2, 0.25) is 0 Å². The minimum Gasteiger partial charge on any atom is -0.403 e. The molecular weight excluding hydrogens is 283 g/mol. The van der Waals surface area contributed by atoms with Gasteiger partial charge in [0, 0.05) is 18.1 Å². The summed E-state index contributed by atoms with van der Waals surface area (Å²) in [5.74, 6) is -0.385. The number of nitrogens with one attached hydrogen (secondary N) is 1. The van der Waals surface area contributed by atoms with E-state index in [9.17, 15) is 13.2 Å². The van der Waals surface area contributed by atoms with Crippen LogP contribution in [0, 0.1) is 11.3 Å². The van der Waals surface area contributed by atoms with Gasteiger partial charge in [-0.15, -0.1) is 13.2 Å². The van der Waals surface area contributed by atoms with Crippen LogP contribution in [0.25, 0.3) is 10.9 Å². The summed E-state index contributed by atoms with van der Waals surface area (Å²) in [6.07, 6.45) is -2.74. The molecule has 1 N–H and O–H groups in total. The summed E-state index contributed by atoms with van der Waals surface area (Å²) in [7, 11) is 0. The van der Waals surface area contributed by atoms with Crippen LogP contribution in [-0.2, 0) is 0 Å². The third kappa shape index (κ3) is 3.34. The number of hydrogen-bond donors (Lipinski definition) is 1. The number of anilines is 1. The molecule has 0 amide bonds. The van der Waals surface area contributed by atoms with Crippen molar-refractivity contribution in [2.75, 3.05) is 11.9 Å². The first-order chi connectivity index (χ1) is 9.96. The van der Waals surface area contributed by atoms with Crippen LogP contribution in [0.15, 0.2) is 24.4 Å². The molecule has 4 nitrogen and oxygen atoms in total. The van der Waals surface area contributed by atoms with Crippen molar-refractivity contribution in [2.24, 2.45) is 0 Å². The molecule has 1 aromatic heterocycles. The first-order valence-corrected chi connectivity index (χ1v) is 6.27. The van der Waals surface area contributed by atoms with Crippen molar-refractivity contribution in [2.45, 2.75) is 19.7 Å². The zero-order chi connectivity index (χ0) is 15.5. The van der Waals surface area contributed by atoms with Gasteiger partial charge in [-0.1, -0.05) is 19.1 Å². The van der Waals surface area contributed by atoms with Crippen molar-refractivity contribution in [1.29, 1.82) is 5.26 Å². The molecule has 0 unspecified atom stereocenters. The maximum Gasteiger partial charge on any atom is 0.573 e. The van der Waals surface area contributed by atoms with Crippen molar-refractivity contribution < 1.29 is 17.9 Å². The Morgan fingerprint density at radius 1 is 1.38 bits per heavy atom. The van der Waals surface area contributed by atoms with Gasteiger partial charge in [-0.05, 0) is 12.5 Å². The normalized spacial score (nSPS) is 11.2. The molecule has 0 aliphatic rings. The average Bonchev–Trinajstić information content (AvgIpc) is 2.43. The molecule has 2 rings (SSSR count). The number of ether oxygens (including phenoxy) is 1. The number of halogens is 3. The van der Waals surface area contributed by atoms with E-state index in [1.807, 2.05) is 13.0 Å². The molecule has 0 atom stereocenters. The number of rotatable bonds is 4. The highest BCUT2D eigenvalue weighted by Gasteiger charge is 2.32. The monoisotopic (exact) mass is 295 g/mol. The molecular formula is C14H12F3N3O. The Bertz CT molecular complexity index is 692. The molecule has 0 radical (unpaired) electrons. The second-order valence-corrected chi connectivity index (χ2v) is 4.29. The first kappa shape index (κ1) is 14.9. The third-order valence-electron chi connectivity index (χ3n) is 2.76. The highest BCUT2D eigenvalue weighted by molar-refractivity contribution is 5.97. The van der Waals surface area contributed by atoms with Crippen molar-refractivity contribution in [3.63, 3.8) is 0 Å². The molecule has 1 aromatic carbocycles. The van der Waals surface area contributed by atoms with Crippen molar-refractivity contribution in [3.8, 4) is 11.8 Å². The van der Waals surface area contributed by atoms with E-state index in [0.717, 1.165) is 6.42 Å². The minimum atomic E-state index is -4.79. The summed E-state index contributed by atoms with van der Waals surface area (Å²) in [6.45, 7) is 2.54. The second-order valence-electron chi connectivity index (χ2n) is 4.29. The van der Waals surface area contributed by atoms with Gasteiger partial charge in [-0.3, -0.25) is 4.98 Å². The molecule has 2 aromatic rings. The number of alkyl halides is 3. The van der Waals surface area contributed by atoms with Gasteiger partial charge in [0.05, 0.1) is 11.3 Å². The average molecular weight is 295 g/mol. The van der Waals surface area contributed by atoms with Crippen LogP contribution in [0.3, 0.4) is 0 Å². The molecule has 0 saturated heterocycles. The molecule has 0 aliphatic heterocycles. The van der Waals surface area contributed by atoms with Crippen molar-refractivity contribution in [3.05, 3.63) is 30.0 Å². The number of hydrogen-bond acceptors (Lipinski definition) is 4. The van der Waals surface area contributed by atoms with Gasteiger partial charge in [0.15, 0.2) is 5.75 Å². The van der Waals surface area contributed by atoms with Crippen molar-refractivity contribution in [1.82, 2.24) is 4.98 Å². The number of para-hydroxylation sites is 1. The van der Waals surface area contributed by atoms with Crippen LogP contribution < -0.4 is 10.1 Å². The molecule has 0 fully saturated rings. The predicted octanol–water partition coefficient (Wildman–Crippen LogP) is 3.83. The van der Waals surface area contributed by atoms with E-state index in [0.29, 0.717) is 17.6 Å². The Labute approximate surface area is 119 Å². The lowest BCUT2D eigenvalue weighted by Crippen LogP contribution is -2.17. The Hall–Kier alpha value is -2.49. The van der Waals surface area contributed by atoms with E-state index in [2.05, 4.69) is 15.0 Å². The summed E-state index contributed by atoms with van der Waals surface area (Å²) in [5, 5.41) is 12.6. The largest absolute Gasteiger partial charge is 0.573 e. The molecule has 0 saturated carbocycles. The minimum absolute atomic E-state index is 0.0624. The summed E-state index contributed by atoms with van der Waals surface area (Å²) >= 11 is 0. The van der Waals surface area contributed by atoms with Gasteiger partial charge in [0.2, 0.25) is 0 Å². The van der Waals surface area contributed by atoms with Crippen LogP contribution in [0.1, 0.15) is 18.9 Å². The summed E-state index contributed by atoms with van der Waals surface area (Å²) in [4.78, 5) is 3.92. The Kier molecular flexibility index (Phi) is 4.17. The smallest absolute Gasteiger partial charge is 0.403 e. The first-order valence-electron chi connectivity index (χ1n) is 6.27. The van der Waals surface area contributed by atoms with E-state index >= 15 is 0 Å². The molecule has 0 spiro atoms. The fourth-order valence-corrected chi connectivity index (χ4v) is 1.93. The predicted molar refractivity (Wildman–Crippen MR) is 71.9 cm³/mol. The second kappa shape index (κ2) is 5.87. The fraction of sp³-hybridized carbons (Fsp3) is 0.286. The van der Waals surface area contributed by atoms with Gasteiger partial charge < -0.3 is 10.1 Å². The Morgan fingerprint density at radius 2 is 2.14 bits per heavy atom.